The van der Waals surface area contributed by atoms with Gasteiger partial charge in [-0.2, -0.15) is 0 Å². The molecule has 0 N–H and O–H groups in total. The lowest BCUT2D eigenvalue weighted by molar-refractivity contribution is 0.229. The normalized spacial score (nSPS) is 18.8. The van der Waals surface area contributed by atoms with Gasteiger partial charge in [-0.3, -0.25) is 0 Å². The molecule has 0 radical (unpaired) electrons. The average molecular weight is 200 g/mol. The molecule has 1 aliphatic rings. The van der Waals surface area contributed by atoms with Crippen LogP contribution in [0.2, 0.25) is 0 Å². The minimum Gasteiger partial charge on any atom is -0.306 e. The molecule has 70 valence electrons. The molecule has 0 bridgehead atoms. The highest BCUT2D eigenvalue weighted by Crippen LogP contribution is 2.20. The molecule has 0 unspecified atom stereocenters. The molecule has 3 heteroatoms. The number of halogens is 2. The van der Waals surface area contributed by atoms with E-state index in [1.165, 1.54) is 32.1 Å². The number of nitrogens with zero attached hydrogens (tertiary/aromatic N) is 1. The Kier molecular flexibility index (Phi) is 9.22. The van der Waals surface area contributed by atoms with Crippen LogP contribution in [-0.4, -0.2) is 25.0 Å². The second kappa shape index (κ2) is 7.20. The minimum absolute atomic E-state index is 0. The molecule has 0 atom stereocenters. The van der Waals surface area contributed by atoms with Gasteiger partial charge in [-0.05, 0) is 26.9 Å². The fourth-order valence-electron chi connectivity index (χ4n) is 1.60. The average Bonchev–Trinajstić information content (AvgIpc) is 1.90. The van der Waals surface area contributed by atoms with Crippen molar-refractivity contribution in [2.75, 3.05) is 14.1 Å². The molecule has 0 aromatic rings. The molecule has 0 spiro atoms. The predicted octanol–water partition coefficient (Wildman–Crippen LogP) is 2.72. The molecular weight excluding hydrogens is 181 g/mol. The highest BCUT2D eigenvalue weighted by Gasteiger charge is 2.13. The van der Waals surface area contributed by atoms with Gasteiger partial charge in [0.15, 0.2) is 0 Å². The van der Waals surface area contributed by atoms with Crippen molar-refractivity contribution < 1.29 is 0 Å². The van der Waals surface area contributed by atoms with E-state index in [2.05, 4.69) is 19.0 Å². The molecule has 1 saturated carbocycles. The Morgan fingerprint density at radius 1 is 0.909 bits per heavy atom. The van der Waals surface area contributed by atoms with Crippen LogP contribution in [0.25, 0.3) is 0 Å². The van der Waals surface area contributed by atoms with Gasteiger partial charge in [0, 0.05) is 6.04 Å². The molecule has 1 nitrogen and oxygen atoms in total. The predicted molar refractivity (Wildman–Crippen MR) is 55.1 cm³/mol. The molecule has 1 fully saturated rings. The van der Waals surface area contributed by atoms with E-state index < -0.39 is 0 Å². The fourth-order valence-corrected chi connectivity index (χ4v) is 1.60. The molecule has 1 aliphatic carbocycles. The summed E-state index contributed by atoms with van der Waals surface area (Å²) < 4.78 is 0. The van der Waals surface area contributed by atoms with Crippen molar-refractivity contribution in [1.82, 2.24) is 4.90 Å². The molecule has 0 aliphatic heterocycles. The Balaban J connectivity index is 0. The third-order valence-corrected chi connectivity index (χ3v) is 2.30. The lowest BCUT2D eigenvalue weighted by atomic mass is 9.95. The van der Waals surface area contributed by atoms with Gasteiger partial charge in [-0.15, -0.1) is 24.8 Å². The molecule has 0 aromatic heterocycles. The standard InChI is InChI=1S/C8H17N.2ClH/c1-9(2)8-6-4-3-5-7-8;;/h8H,3-7H2,1-2H3;2*1H. The summed E-state index contributed by atoms with van der Waals surface area (Å²) in [4.78, 5) is 2.36. The molecular formula is C8H19Cl2N. The van der Waals surface area contributed by atoms with Crippen molar-refractivity contribution in [2.24, 2.45) is 0 Å². The van der Waals surface area contributed by atoms with Crippen molar-refractivity contribution in [1.29, 1.82) is 0 Å². The summed E-state index contributed by atoms with van der Waals surface area (Å²) in [6.07, 6.45) is 7.20. The Bertz CT molecular complexity index is 80.2. The van der Waals surface area contributed by atoms with Gasteiger partial charge in [-0.25, -0.2) is 0 Å². The second-order valence-electron chi connectivity index (χ2n) is 3.26. The van der Waals surface area contributed by atoms with Gasteiger partial charge in [0.05, 0.1) is 0 Å². The summed E-state index contributed by atoms with van der Waals surface area (Å²) in [6.45, 7) is 0. The largest absolute Gasteiger partial charge is 0.306 e. The van der Waals surface area contributed by atoms with Crippen LogP contribution in [0.1, 0.15) is 32.1 Å². The van der Waals surface area contributed by atoms with Crippen molar-refractivity contribution in [3.05, 3.63) is 0 Å². The van der Waals surface area contributed by atoms with Crippen LogP contribution in [0.3, 0.4) is 0 Å². The Morgan fingerprint density at radius 3 is 1.64 bits per heavy atom. The maximum atomic E-state index is 2.36. The Hall–Kier alpha value is 0.540. The SMILES string of the molecule is CN(C)C1CCCCC1.Cl.Cl. The van der Waals surface area contributed by atoms with Crippen LogP contribution in [-0.2, 0) is 0 Å². The minimum atomic E-state index is 0. The first-order valence-electron chi connectivity index (χ1n) is 3.97. The highest BCUT2D eigenvalue weighted by atomic mass is 35.5. The quantitative estimate of drug-likeness (QED) is 0.629. The van der Waals surface area contributed by atoms with Crippen LogP contribution in [0, 0.1) is 0 Å². The van der Waals surface area contributed by atoms with Gasteiger partial charge in [0.25, 0.3) is 0 Å². The third-order valence-electron chi connectivity index (χ3n) is 2.30. The van der Waals surface area contributed by atoms with Crippen LogP contribution in [0.4, 0.5) is 0 Å². The zero-order chi connectivity index (χ0) is 6.69. The van der Waals surface area contributed by atoms with E-state index in [1.54, 1.807) is 0 Å². The summed E-state index contributed by atoms with van der Waals surface area (Å²) in [5.41, 5.74) is 0. The number of hydrogen-bond acceptors (Lipinski definition) is 1. The highest BCUT2D eigenvalue weighted by molar-refractivity contribution is 5.85. The van der Waals surface area contributed by atoms with E-state index in [4.69, 9.17) is 0 Å². The summed E-state index contributed by atoms with van der Waals surface area (Å²) in [6, 6.07) is 0.888. The van der Waals surface area contributed by atoms with E-state index >= 15 is 0 Å². The monoisotopic (exact) mass is 199 g/mol. The number of rotatable bonds is 1. The summed E-state index contributed by atoms with van der Waals surface area (Å²) in [7, 11) is 4.38. The first kappa shape index (κ1) is 14.1. The van der Waals surface area contributed by atoms with Crippen LogP contribution >= 0.6 is 24.8 Å². The smallest absolute Gasteiger partial charge is 0.00891 e. The lowest BCUT2D eigenvalue weighted by Gasteiger charge is -2.27. The zero-order valence-electron chi connectivity index (χ0n) is 7.38. The summed E-state index contributed by atoms with van der Waals surface area (Å²) >= 11 is 0. The van der Waals surface area contributed by atoms with Gasteiger partial charge < -0.3 is 4.90 Å². The van der Waals surface area contributed by atoms with E-state index in [-0.39, 0.29) is 24.8 Å². The van der Waals surface area contributed by atoms with E-state index in [9.17, 15) is 0 Å². The Labute approximate surface area is 82.4 Å². The maximum absolute atomic E-state index is 2.36. The first-order valence-corrected chi connectivity index (χ1v) is 3.97. The van der Waals surface area contributed by atoms with E-state index in [0.29, 0.717) is 0 Å². The molecule has 0 heterocycles. The topological polar surface area (TPSA) is 3.24 Å². The molecule has 0 amide bonds. The van der Waals surface area contributed by atoms with Crippen molar-refractivity contribution in [2.45, 2.75) is 38.1 Å². The van der Waals surface area contributed by atoms with Gasteiger partial charge in [-0.1, -0.05) is 19.3 Å². The van der Waals surface area contributed by atoms with E-state index in [1.807, 2.05) is 0 Å². The fraction of sp³-hybridized carbons (Fsp3) is 1.00. The Morgan fingerprint density at radius 2 is 1.36 bits per heavy atom. The maximum Gasteiger partial charge on any atom is 0.00891 e. The van der Waals surface area contributed by atoms with Crippen LogP contribution in [0.5, 0.6) is 0 Å². The van der Waals surface area contributed by atoms with Crippen molar-refractivity contribution in [3.63, 3.8) is 0 Å². The number of hydrogen-bond donors (Lipinski definition) is 0. The summed E-state index contributed by atoms with van der Waals surface area (Å²) in [5, 5.41) is 0. The van der Waals surface area contributed by atoms with Gasteiger partial charge in [0.1, 0.15) is 0 Å². The van der Waals surface area contributed by atoms with Gasteiger partial charge in [0.2, 0.25) is 0 Å². The summed E-state index contributed by atoms with van der Waals surface area (Å²) in [5.74, 6) is 0. The van der Waals surface area contributed by atoms with Crippen molar-refractivity contribution >= 4 is 24.8 Å². The molecule has 0 saturated heterocycles. The van der Waals surface area contributed by atoms with Crippen molar-refractivity contribution in [3.8, 4) is 0 Å². The third kappa shape index (κ3) is 4.89. The molecule has 11 heavy (non-hydrogen) atoms. The second-order valence-corrected chi connectivity index (χ2v) is 3.26. The van der Waals surface area contributed by atoms with Crippen LogP contribution in [0.15, 0.2) is 0 Å². The first-order chi connectivity index (χ1) is 4.30. The van der Waals surface area contributed by atoms with Crippen LogP contribution < -0.4 is 0 Å². The van der Waals surface area contributed by atoms with Gasteiger partial charge >= 0.3 is 0 Å². The molecule has 0 aromatic carbocycles. The molecule has 1 rings (SSSR count). The van der Waals surface area contributed by atoms with E-state index in [0.717, 1.165) is 6.04 Å². The lowest BCUT2D eigenvalue weighted by Crippen LogP contribution is -2.29. The zero-order valence-corrected chi connectivity index (χ0v) is 9.01.